The fourth-order valence-electron chi connectivity index (χ4n) is 3.16. The molecule has 14 N–H and O–H groups in total. The van der Waals surface area contributed by atoms with Gasteiger partial charge in [0.05, 0.1) is 12.5 Å². The van der Waals surface area contributed by atoms with Crippen LogP contribution in [0.5, 0.6) is 0 Å². The van der Waals surface area contributed by atoms with E-state index >= 15 is 0 Å². The molecule has 4 unspecified atom stereocenters. The van der Waals surface area contributed by atoms with E-state index < -0.39 is 60.2 Å². The Kier molecular flexibility index (Phi) is 17.5. The third-order valence-corrected chi connectivity index (χ3v) is 5.79. The second-order valence-electron chi connectivity index (χ2n) is 8.31. The molecule has 0 radical (unpaired) electrons. The van der Waals surface area contributed by atoms with E-state index in [1.54, 1.807) is 0 Å². The summed E-state index contributed by atoms with van der Waals surface area (Å²) in [6, 6.07) is -4.62. The highest BCUT2D eigenvalue weighted by molar-refractivity contribution is 7.98. The van der Waals surface area contributed by atoms with E-state index in [4.69, 9.17) is 28.7 Å². The molecule has 212 valence electrons. The standard InChI is InChI=1S/C21H41N9O6S/c1-37-10-7-15(20(35)36)30-19(34)14(6-4-9-27-21(25)26)29-18(33)13(5-2-3-8-22)28-17(32)12(23)11-16(24)31/h12-15H,2-11,22-23H2,1H3,(H2,24,31)(H,28,32)(H,29,33)(H,30,34)(H,35,36)(H4,25,26,27). The summed E-state index contributed by atoms with van der Waals surface area (Å²) in [6.07, 6.45) is 3.22. The molecule has 0 heterocycles. The molecule has 0 bridgehead atoms. The first-order valence-corrected chi connectivity index (χ1v) is 13.2. The van der Waals surface area contributed by atoms with Crippen molar-refractivity contribution in [1.29, 1.82) is 0 Å². The number of unbranched alkanes of at least 4 members (excludes halogenated alkanes) is 1. The van der Waals surface area contributed by atoms with Gasteiger partial charge in [-0.15, -0.1) is 0 Å². The highest BCUT2D eigenvalue weighted by Gasteiger charge is 2.30. The summed E-state index contributed by atoms with van der Waals surface area (Å²) in [5, 5.41) is 17.0. The van der Waals surface area contributed by atoms with Crippen LogP contribution in [0.3, 0.4) is 0 Å². The Hall–Kier alpha value is -3.11. The van der Waals surface area contributed by atoms with Gasteiger partial charge in [0.25, 0.3) is 0 Å². The first-order valence-electron chi connectivity index (χ1n) is 11.8. The second-order valence-corrected chi connectivity index (χ2v) is 9.30. The van der Waals surface area contributed by atoms with Gasteiger partial charge in [-0.3, -0.25) is 24.2 Å². The summed E-state index contributed by atoms with van der Waals surface area (Å²) in [7, 11) is 0. The Labute approximate surface area is 220 Å². The SMILES string of the molecule is CSCCC(NC(=O)C(CCCN=C(N)N)NC(=O)C(CCCCN)NC(=O)C(N)CC(N)=O)C(=O)O. The van der Waals surface area contributed by atoms with Crippen LogP contribution in [-0.2, 0) is 24.0 Å². The number of aliphatic carboxylic acids is 1. The molecular weight excluding hydrogens is 506 g/mol. The number of nitrogens with one attached hydrogen (secondary N) is 3. The number of guanidine groups is 1. The minimum absolute atomic E-state index is 0.0911. The summed E-state index contributed by atoms with van der Waals surface area (Å²) in [4.78, 5) is 65.0. The van der Waals surface area contributed by atoms with Crippen LogP contribution in [0.4, 0.5) is 0 Å². The van der Waals surface area contributed by atoms with Crippen LogP contribution < -0.4 is 44.6 Å². The van der Waals surface area contributed by atoms with E-state index in [9.17, 15) is 29.1 Å². The van der Waals surface area contributed by atoms with E-state index in [1.165, 1.54) is 11.8 Å². The third-order valence-electron chi connectivity index (χ3n) is 5.14. The Balaban J connectivity index is 5.63. The average molecular weight is 548 g/mol. The zero-order valence-electron chi connectivity index (χ0n) is 21.1. The summed E-state index contributed by atoms with van der Waals surface area (Å²) in [5.41, 5.74) is 26.9. The van der Waals surface area contributed by atoms with Crippen LogP contribution in [0.1, 0.15) is 44.9 Å². The Bertz CT molecular complexity index is 794. The number of carbonyl (C=O) groups is 5. The van der Waals surface area contributed by atoms with Gasteiger partial charge in [-0.2, -0.15) is 11.8 Å². The van der Waals surface area contributed by atoms with E-state index in [-0.39, 0.29) is 31.8 Å². The quantitative estimate of drug-likeness (QED) is 0.0412. The highest BCUT2D eigenvalue weighted by atomic mass is 32.2. The first-order chi connectivity index (χ1) is 17.4. The van der Waals surface area contributed by atoms with Crippen LogP contribution in [0, 0.1) is 0 Å². The highest BCUT2D eigenvalue weighted by Crippen LogP contribution is 2.07. The number of nitrogens with zero attached hydrogens (tertiary/aromatic N) is 1. The fraction of sp³-hybridized carbons (Fsp3) is 0.714. The summed E-state index contributed by atoms with van der Waals surface area (Å²) < 4.78 is 0. The molecule has 0 aliphatic carbocycles. The van der Waals surface area contributed by atoms with Gasteiger partial charge in [0.2, 0.25) is 23.6 Å². The number of thioether (sulfide) groups is 1. The van der Waals surface area contributed by atoms with Crippen molar-refractivity contribution < 1.29 is 29.1 Å². The van der Waals surface area contributed by atoms with Gasteiger partial charge in [0.1, 0.15) is 18.1 Å². The molecule has 0 rings (SSSR count). The molecule has 15 nitrogen and oxygen atoms in total. The number of rotatable bonds is 20. The number of aliphatic imine (C=N–C) groups is 1. The van der Waals surface area contributed by atoms with Crippen LogP contribution in [0.2, 0.25) is 0 Å². The molecule has 37 heavy (non-hydrogen) atoms. The molecule has 16 heteroatoms. The lowest BCUT2D eigenvalue weighted by molar-refractivity contribution is -0.142. The fourth-order valence-corrected chi connectivity index (χ4v) is 3.63. The van der Waals surface area contributed by atoms with E-state index in [0.717, 1.165) is 0 Å². The molecule has 0 aromatic heterocycles. The molecule has 0 aromatic rings. The zero-order valence-corrected chi connectivity index (χ0v) is 21.9. The summed E-state index contributed by atoms with van der Waals surface area (Å²) in [5.74, 6) is -3.77. The van der Waals surface area contributed by atoms with Crippen molar-refractivity contribution in [3.63, 3.8) is 0 Å². The number of carbonyl (C=O) groups excluding carboxylic acids is 4. The maximum absolute atomic E-state index is 13.1. The first kappa shape index (κ1) is 33.9. The predicted octanol–water partition coefficient (Wildman–Crippen LogP) is -3.34. The van der Waals surface area contributed by atoms with Gasteiger partial charge in [0, 0.05) is 6.54 Å². The predicted molar refractivity (Wildman–Crippen MR) is 141 cm³/mol. The normalized spacial score (nSPS) is 13.9. The zero-order chi connectivity index (χ0) is 28.4. The van der Waals surface area contributed by atoms with Crippen molar-refractivity contribution in [3.8, 4) is 0 Å². The Morgan fingerprint density at radius 2 is 1.38 bits per heavy atom. The average Bonchev–Trinajstić information content (AvgIpc) is 2.81. The lowest BCUT2D eigenvalue weighted by atomic mass is 10.0. The monoisotopic (exact) mass is 547 g/mol. The number of carboxylic acid groups (broad SMARTS) is 1. The molecule has 0 aliphatic rings. The van der Waals surface area contributed by atoms with Crippen molar-refractivity contribution in [2.75, 3.05) is 25.1 Å². The van der Waals surface area contributed by atoms with E-state index in [0.29, 0.717) is 31.6 Å². The number of carboxylic acids is 1. The van der Waals surface area contributed by atoms with Crippen LogP contribution in [-0.4, -0.2) is 89.9 Å². The molecule has 4 atom stereocenters. The molecule has 0 aliphatic heterocycles. The summed E-state index contributed by atoms with van der Waals surface area (Å²) in [6.45, 7) is 0.543. The Morgan fingerprint density at radius 1 is 0.838 bits per heavy atom. The van der Waals surface area contributed by atoms with Crippen molar-refractivity contribution in [3.05, 3.63) is 0 Å². The van der Waals surface area contributed by atoms with Crippen LogP contribution >= 0.6 is 11.8 Å². The molecule has 0 aromatic carbocycles. The molecule has 4 amide bonds. The number of amides is 4. The minimum atomic E-state index is -1.26. The lowest BCUT2D eigenvalue weighted by Crippen LogP contribution is -2.57. The largest absolute Gasteiger partial charge is 0.480 e. The second kappa shape index (κ2) is 19.1. The van der Waals surface area contributed by atoms with Crippen molar-refractivity contribution >= 4 is 47.3 Å². The number of hydrogen-bond donors (Lipinski definition) is 9. The maximum Gasteiger partial charge on any atom is 0.326 e. The van der Waals surface area contributed by atoms with E-state index in [2.05, 4.69) is 20.9 Å². The third kappa shape index (κ3) is 15.6. The topological polar surface area (TPSA) is 284 Å². The van der Waals surface area contributed by atoms with Crippen LogP contribution in [0.25, 0.3) is 0 Å². The number of primary amides is 1. The van der Waals surface area contributed by atoms with Gasteiger partial charge in [0.15, 0.2) is 5.96 Å². The lowest BCUT2D eigenvalue weighted by Gasteiger charge is -2.25. The van der Waals surface area contributed by atoms with Gasteiger partial charge < -0.3 is 49.7 Å². The van der Waals surface area contributed by atoms with Crippen molar-refractivity contribution in [1.82, 2.24) is 16.0 Å². The number of nitrogens with two attached hydrogens (primary N) is 5. The van der Waals surface area contributed by atoms with Crippen molar-refractivity contribution in [2.45, 2.75) is 69.1 Å². The Morgan fingerprint density at radius 3 is 1.86 bits per heavy atom. The molecular formula is C21H41N9O6S. The van der Waals surface area contributed by atoms with Gasteiger partial charge in [-0.05, 0) is 57.1 Å². The molecule has 0 fully saturated rings. The van der Waals surface area contributed by atoms with Gasteiger partial charge >= 0.3 is 5.97 Å². The number of hydrogen-bond acceptors (Lipinski definition) is 9. The van der Waals surface area contributed by atoms with E-state index in [1.807, 2.05) is 6.26 Å². The molecule has 0 spiro atoms. The minimum Gasteiger partial charge on any atom is -0.480 e. The molecule has 0 saturated carbocycles. The smallest absolute Gasteiger partial charge is 0.326 e. The van der Waals surface area contributed by atoms with Gasteiger partial charge in [-0.1, -0.05) is 0 Å². The molecule has 0 saturated heterocycles. The van der Waals surface area contributed by atoms with Crippen LogP contribution in [0.15, 0.2) is 4.99 Å². The van der Waals surface area contributed by atoms with Gasteiger partial charge in [-0.25, -0.2) is 4.79 Å². The summed E-state index contributed by atoms with van der Waals surface area (Å²) >= 11 is 1.43. The van der Waals surface area contributed by atoms with Crippen molar-refractivity contribution in [2.24, 2.45) is 33.7 Å². The maximum atomic E-state index is 13.1.